The van der Waals surface area contributed by atoms with Gasteiger partial charge in [-0.1, -0.05) is 6.07 Å². The SMILES string of the molecule is COc1ccc(C)cc1N=C1NC(=O)/C(=C/c2ccncc2)S1. The molecule has 6 heteroatoms. The first-order valence-electron chi connectivity index (χ1n) is 7.00. The monoisotopic (exact) mass is 325 g/mol. The van der Waals surface area contributed by atoms with E-state index in [9.17, 15) is 4.79 Å². The number of amidine groups is 1. The number of hydrogen-bond donors (Lipinski definition) is 1. The molecule has 3 rings (SSSR count). The summed E-state index contributed by atoms with van der Waals surface area (Å²) in [5, 5.41) is 3.32. The molecule has 0 radical (unpaired) electrons. The first-order valence-corrected chi connectivity index (χ1v) is 7.81. The van der Waals surface area contributed by atoms with Crippen LogP contribution in [0.25, 0.3) is 6.08 Å². The summed E-state index contributed by atoms with van der Waals surface area (Å²) in [5.74, 6) is 0.515. The Balaban J connectivity index is 1.88. The van der Waals surface area contributed by atoms with Crippen molar-refractivity contribution in [2.45, 2.75) is 6.92 Å². The van der Waals surface area contributed by atoms with Crippen molar-refractivity contribution in [2.75, 3.05) is 7.11 Å². The van der Waals surface area contributed by atoms with E-state index in [1.165, 1.54) is 11.8 Å². The fraction of sp³-hybridized carbons (Fsp3) is 0.118. The summed E-state index contributed by atoms with van der Waals surface area (Å²) in [6.45, 7) is 1.98. The van der Waals surface area contributed by atoms with E-state index < -0.39 is 0 Å². The summed E-state index contributed by atoms with van der Waals surface area (Å²) >= 11 is 1.31. The maximum absolute atomic E-state index is 12.1. The molecule has 1 aromatic carbocycles. The van der Waals surface area contributed by atoms with E-state index in [0.717, 1.165) is 11.1 Å². The molecule has 1 saturated heterocycles. The lowest BCUT2D eigenvalue weighted by atomic mass is 10.2. The summed E-state index contributed by atoms with van der Waals surface area (Å²) in [7, 11) is 1.60. The van der Waals surface area contributed by atoms with Crippen LogP contribution < -0.4 is 10.1 Å². The molecule has 1 amide bonds. The van der Waals surface area contributed by atoms with Crippen LogP contribution in [0.2, 0.25) is 0 Å². The Labute approximate surface area is 138 Å². The lowest BCUT2D eigenvalue weighted by Crippen LogP contribution is -2.19. The van der Waals surface area contributed by atoms with Gasteiger partial charge in [0.15, 0.2) is 5.17 Å². The second-order valence-electron chi connectivity index (χ2n) is 4.94. The van der Waals surface area contributed by atoms with Crippen molar-refractivity contribution in [2.24, 2.45) is 4.99 Å². The van der Waals surface area contributed by atoms with Crippen molar-refractivity contribution >= 4 is 34.6 Å². The minimum atomic E-state index is -0.155. The Kier molecular flexibility index (Phi) is 4.43. The van der Waals surface area contributed by atoms with Gasteiger partial charge in [0.05, 0.1) is 12.0 Å². The zero-order valence-electron chi connectivity index (χ0n) is 12.7. The molecular weight excluding hydrogens is 310 g/mol. The molecule has 0 bridgehead atoms. The minimum Gasteiger partial charge on any atom is -0.494 e. The van der Waals surface area contributed by atoms with E-state index in [4.69, 9.17) is 4.74 Å². The summed E-state index contributed by atoms with van der Waals surface area (Å²) < 4.78 is 5.31. The molecule has 0 spiro atoms. The standard InChI is InChI=1S/C17H15N3O2S/c1-11-3-4-14(22-2)13(9-11)19-17-20-16(21)15(23-17)10-12-5-7-18-8-6-12/h3-10H,1-2H3,(H,19,20,21)/b15-10-. The normalized spacial score (nSPS) is 17.6. The van der Waals surface area contributed by atoms with Gasteiger partial charge in [0, 0.05) is 12.4 Å². The summed E-state index contributed by atoms with van der Waals surface area (Å²) in [6, 6.07) is 9.43. The number of nitrogens with one attached hydrogen (secondary N) is 1. The van der Waals surface area contributed by atoms with Crippen LogP contribution in [0, 0.1) is 6.92 Å². The van der Waals surface area contributed by atoms with Crippen molar-refractivity contribution in [3.63, 3.8) is 0 Å². The van der Waals surface area contributed by atoms with Gasteiger partial charge < -0.3 is 10.1 Å². The molecule has 0 atom stereocenters. The number of nitrogens with zero attached hydrogens (tertiary/aromatic N) is 2. The maximum Gasteiger partial charge on any atom is 0.264 e. The van der Waals surface area contributed by atoms with Crippen LogP contribution in [0.1, 0.15) is 11.1 Å². The zero-order valence-corrected chi connectivity index (χ0v) is 13.6. The summed E-state index contributed by atoms with van der Waals surface area (Å²) in [4.78, 5) is 21.1. The highest BCUT2D eigenvalue weighted by atomic mass is 32.2. The van der Waals surface area contributed by atoms with Crippen molar-refractivity contribution < 1.29 is 9.53 Å². The Hall–Kier alpha value is -2.60. The average Bonchev–Trinajstić information content (AvgIpc) is 2.88. The summed E-state index contributed by atoms with van der Waals surface area (Å²) in [6.07, 6.45) is 5.20. The number of methoxy groups -OCH3 is 1. The maximum atomic E-state index is 12.1. The number of aromatic nitrogens is 1. The predicted molar refractivity (Wildman–Crippen MR) is 92.8 cm³/mol. The summed E-state index contributed by atoms with van der Waals surface area (Å²) in [5.41, 5.74) is 2.69. The van der Waals surface area contributed by atoms with E-state index in [1.54, 1.807) is 19.5 Å². The van der Waals surface area contributed by atoms with Gasteiger partial charge in [0.1, 0.15) is 11.4 Å². The van der Waals surface area contributed by atoms with Gasteiger partial charge in [-0.3, -0.25) is 9.78 Å². The molecule has 2 aromatic rings. The molecule has 2 heterocycles. The van der Waals surface area contributed by atoms with Crippen molar-refractivity contribution in [3.05, 3.63) is 58.8 Å². The van der Waals surface area contributed by atoms with Gasteiger partial charge in [-0.2, -0.15) is 0 Å². The molecule has 1 N–H and O–H groups in total. The molecular formula is C17H15N3O2S. The third kappa shape index (κ3) is 3.60. The van der Waals surface area contributed by atoms with Crippen molar-refractivity contribution in [3.8, 4) is 5.75 Å². The Morgan fingerprint density at radius 3 is 2.78 bits per heavy atom. The molecule has 1 aliphatic rings. The molecule has 23 heavy (non-hydrogen) atoms. The minimum absolute atomic E-state index is 0.155. The van der Waals surface area contributed by atoms with Gasteiger partial charge in [-0.25, -0.2) is 4.99 Å². The topological polar surface area (TPSA) is 63.6 Å². The lowest BCUT2D eigenvalue weighted by Gasteiger charge is -2.05. The van der Waals surface area contributed by atoms with Crippen molar-refractivity contribution in [1.29, 1.82) is 0 Å². The van der Waals surface area contributed by atoms with Crippen LogP contribution in [0.15, 0.2) is 52.6 Å². The fourth-order valence-corrected chi connectivity index (χ4v) is 2.92. The van der Waals surface area contributed by atoms with Gasteiger partial charge in [0.2, 0.25) is 0 Å². The third-order valence-corrected chi connectivity index (χ3v) is 4.12. The molecule has 0 unspecified atom stereocenters. The van der Waals surface area contributed by atoms with Gasteiger partial charge >= 0.3 is 0 Å². The van der Waals surface area contributed by atoms with Crippen LogP contribution in [0.3, 0.4) is 0 Å². The first-order chi connectivity index (χ1) is 11.2. The molecule has 5 nitrogen and oxygen atoms in total. The Morgan fingerprint density at radius 2 is 2.04 bits per heavy atom. The largest absolute Gasteiger partial charge is 0.494 e. The highest BCUT2D eigenvalue weighted by Crippen LogP contribution is 2.32. The quantitative estimate of drug-likeness (QED) is 0.880. The van der Waals surface area contributed by atoms with Crippen LogP contribution in [0.4, 0.5) is 5.69 Å². The van der Waals surface area contributed by atoms with E-state index in [-0.39, 0.29) is 5.91 Å². The Morgan fingerprint density at radius 1 is 1.26 bits per heavy atom. The average molecular weight is 325 g/mol. The number of pyridine rings is 1. The number of carbonyl (C=O) groups is 1. The highest BCUT2D eigenvalue weighted by Gasteiger charge is 2.24. The first kappa shape index (κ1) is 15.3. The molecule has 1 aliphatic heterocycles. The van der Waals surface area contributed by atoms with Gasteiger partial charge in [0.25, 0.3) is 5.91 Å². The highest BCUT2D eigenvalue weighted by molar-refractivity contribution is 8.18. The molecule has 116 valence electrons. The molecule has 1 fully saturated rings. The molecule has 1 aromatic heterocycles. The second-order valence-corrected chi connectivity index (χ2v) is 5.97. The number of rotatable bonds is 3. The number of amides is 1. The van der Waals surface area contributed by atoms with Crippen LogP contribution in [-0.2, 0) is 4.79 Å². The fourth-order valence-electron chi connectivity index (χ4n) is 2.09. The number of benzene rings is 1. The van der Waals surface area contributed by atoms with Crippen LogP contribution in [0.5, 0.6) is 5.75 Å². The zero-order chi connectivity index (χ0) is 16.2. The number of ether oxygens (including phenoxy) is 1. The van der Waals surface area contributed by atoms with Gasteiger partial charge in [-0.15, -0.1) is 0 Å². The smallest absolute Gasteiger partial charge is 0.264 e. The van der Waals surface area contributed by atoms with Crippen LogP contribution in [-0.4, -0.2) is 23.2 Å². The number of aryl methyl sites for hydroxylation is 1. The second kappa shape index (κ2) is 6.66. The Bertz CT molecular complexity index is 801. The van der Waals surface area contributed by atoms with E-state index in [2.05, 4.69) is 15.3 Å². The van der Waals surface area contributed by atoms with Crippen LogP contribution >= 0.6 is 11.8 Å². The molecule has 0 saturated carbocycles. The van der Waals surface area contributed by atoms with Crippen molar-refractivity contribution in [1.82, 2.24) is 10.3 Å². The number of carbonyl (C=O) groups excluding carboxylic acids is 1. The third-order valence-electron chi connectivity index (χ3n) is 3.21. The molecule has 0 aliphatic carbocycles. The number of aliphatic imine (C=N–C) groups is 1. The number of thioether (sulfide) groups is 1. The number of hydrogen-bond acceptors (Lipinski definition) is 5. The lowest BCUT2D eigenvalue weighted by molar-refractivity contribution is -0.115. The van der Waals surface area contributed by atoms with E-state index in [0.29, 0.717) is 21.5 Å². The van der Waals surface area contributed by atoms with E-state index >= 15 is 0 Å². The van der Waals surface area contributed by atoms with E-state index in [1.807, 2.05) is 43.3 Å². The van der Waals surface area contributed by atoms with Gasteiger partial charge in [-0.05, 0) is 60.2 Å². The predicted octanol–water partition coefficient (Wildman–Crippen LogP) is 3.29.